The molecule has 2 aromatic carbocycles. The first kappa shape index (κ1) is 15.9. The van der Waals surface area contributed by atoms with Crippen LogP contribution in [-0.2, 0) is 0 Å². The van der Waals surface area contributed by atoms with E-state index in [1.54, 1.807) is 11.8 Å². The zero-order valence-corrected chi connectivity index (χ0v) is 14.3. The van der Waals surface area contributed by atoms with Crippen molar-refractivity contribution in [1.29, 1.82) is 0 Å². The maximum atomic E-state index is 6.23. The topological polar surface area (TPSA) is 15.3 Å². The molecular weight excluding hydrogens is 312 g/mol. The van der Waals surface area contributed by atoms with Crippen LogP contribution in [-0.4, -0.2) is 37.3 Å². The predicted molar refractivity (Wildman–Crippen MR) is 96.0 cm³/mol. The molecule has 0 bridgehead atoms. The summed E-state index contributed by atoms with van der Waals surface area (Å²) in [6.07, 6.45) is 2.11. The van der Waals surface area contributed by atoms with Crippen molar-refractivity contribution in [2.45, 2.75) is 10.9 Å². The van der Waals surface area contributed by atoms with E-state index in [4.69, 9.17) is 11.6 Å². The van der Waals surface area contributed by atoms with Crippen LogP contribution in [0, 0.1) is 0 Å². The van der Waals surface area contributed by atoms with Crippen molar-refractivity contribution in [3.05, 3.63) is 64.7 Å². The number of nitrogens with one attached hydrogen (secondary N) is 1. The first-order valence-corrected chi connectivity index (χ1v) is 9.22. The minimum Gasteiger partial charge on any atom is -0.314 e. The Morgan fingerprint density at radius 1 is 1.05 bits per heavy atom. The molecule has 0 aliphatic carbocycles. The molecule has 3 rings (SSSR count). The highest BCUT2D eigenvalue weighted by Crippen LogP contribution is 2.31. The molecule has 1 heterocycles. The lowest BCUT2D eigenvalue weighted by atomic mass is 9.96. The molecule has 116 valence electrons. The van der Waals surface area contributed by atoms with Crippen LogP contribution in [0.4, 0.5) is 0 Å². The number of nitrogens with zero attached hydrogens (tertiary/aromatic N) is 1. The zero-order chi connectivity index (χ0) is 15.4. The lowest BCUT2D eigenvalue weighted by Gasteiger charge is -2.35. The van der Waals surface area contributed by atoms with E-state index in [0.29, 0.717) is 0 Å². The van der Waals surface area contributed by atoms with E-state index in [-0.39, 0.29) is 6.04 Å². The summed E-state index contributed by atoms with van der Waals surface area (Å²) in [7, 11) is 0. The first-order chi connectivity index (χ1) is 10.8. The Bertz CT molecular complexity index is 609. The molecule has 1 atom stereocenters. The van der Waals surface area contributed by atoms with Gasteiger partial charge in [-0.3, -0.25) is 4.90 Å². The van der Waals surface area contributed by atoms with Gasteiger partial charge in [0.05, 0.1) is 6.04 Å². The third-order valence-corrected chi connectivity index (χ3v) is 5.09. The molecule has 0 saturated carbocycles. The molecule has 0 aromatic heterocycles. The molecule has 0 spiro atoms. The van der Waals surface area contributed by atoms with Crippen LogP contribution in [0.3, 0.4) is 0 Å². The summed E-state index contributed by atoms with van der Waals surface area (Å²) in [5, 5.41) is 4.24. The highest BCUT2D eigenvalue weighted by Gasteiger charge is 2.23. The number of piperazine rings is 1. The fourth-order valence-corrected chi connectivity index (χ4v) is 3.62. The highest BCUT2D eigenvalue weighted by atomic mass is 35.5. The molecule has 22 heavy (non-hydrogen) atoms. The second-order valence-corrected chi connectivity index (χ2v) is 6.83. The van der Waals surface area contributed by atoms with E-state index in [0.717, 1.165) is 31.2 Å². The Kier molecular flexibility index (Phi) is 5.42. The molecule has 1 aliphatic heterocycles. The van der Waals surface area contributed by atoms with Crippen molar-refractivity contribution in [2.75, 3.05) is 32.4 Å². The van der Waals surface area contributed by atoms with Gasteiger partial charge in [-0.15, -0.1) is 11.8 Å². The van der Waals surface area contributed by atoms with Gasteiger partial charge in [-0.2, -0.15) is 0 Å². The number of hydrogen-bond donors (Lipinski definition) is 1. The van der Waals surface area contributed by atoms with Gasteiger partial charge in [0.2, 0.25) is 0 Å². The van der Waals surface area contributed by atoms with Crippen LogP contribution in [0.2, 0.25) is 5.02 Å². The van der Waals surface area contributed by atoms with E-state index in [1.807, 2.05) is 12.1 Å². The van der Waals surface area contributed by atoms with E-state index in [2.05, 4.69) is 52.9 Å². The summed E-state index contributed by atoms with van der Waals surface area (Å²) in [6.45, 7) is 4.20. The zero-order valence-electron chi connectivity index (χ0n) is 12.8. The average Bonchev–Trinajstić information content (AvgIpc) is 2.57. The maximum Gasteiger partial charge on any atom is 0.0603 e. The molecule has 2 aromatic rings. The summed E-state index contributed by atoms with van der Waals surface area (Å²) in [4.78, 5) is 3.84. The van der Waals surface area contributed by atoms with Gasteiger partial charge in [0, 0.05) is 36.1 Å². The smallest absolute Gasteiger partial charge is 0.0603 e. The van der Waals surface area contributed by atoms with Crippen LogP contribution in [0.15, 0.2) is 53.4 Å². The monoisotopic (exact) mass is 332 g/mol. The van der Waals surface area contributed by atoms with E-state index >= 15 is 0 Å². The van der Waals surface area contributed by atoms with Crippen molar-refractivity contribution in [3.8, 4) is 0 Å². The van der Waals surface area contributed by atoms with Gasteiger partial charge in [0.25, 0.3) is 0 Å². The van der Waals surface area contributed by atoms with E-state index in [1.165, 1.54) is 16.0 Å². The Balaban J connectivity index is 1.97. The van der Waals surface area contributed by atoms with E-state index in [9.17, 15) is 0 Å². The average molecular weight is 333 g/mol. The van der Waals surface area contributed by atoms with Crippen LogP contribution in [0.1, 0.15) is 17.2 Å². The quantitative estimate of drug-likeness (QED) is 0.850. The van der Waals surface area contributed by atoms with Crippen LogP contribution >= 0.6 is 23.4 Å². The van der Waals surface area contributed by atoms with Gasteiger partial charge in [0.15, 0.2) is 0 Å². The van der Waals surface area contributed by atoms with Crippen molar-refractivity contribution in [2.24, 2.45) is 0 Å². The molecule has 4 heteroatoms. The van der Waals surface area contributed by atoms with Gasteiger partial charge in [-0.1, -0.05) is 35.9 Å². The van der Waals surface area contributed by atoms with Crippen molar-refractivity contribution in [3.63, 3.8) is 0 Å². The predicted octanol–water partition coefficient (Wildman–Crippen LogP) is 4.06. The molecule has 1 saturated heterocycles. The summed E-state index contributed by atoms with van der Waals surface area (Å²) in [6, 6.07) is 17.5. The summed E-state index contributed by atoms with van der Waals surface area (Å²) in [5.74, 6) is 0. The lowest BCUT2D eigenvalue weighted by Crippen LogP contribution is -2.45. The fraction of sp³-hybridized carbons (Fsp3) is 0.333. The van der Waals surface area contributed by atoms with E-state index < -0.39 is 0 Å². The van der Waals surface area contributed by atoms with Gasteiger partial charge >= 0.3 is 0 Å². The summed E-state index contributed by atoms with van der Waals surface area (Å²) in [5.41, 5.74) is 2.60. The maximum absolute atomic E-state index is 6.23. The molecule has 1 N–H and O–H groups in total. The number of thioether (sulfide) groups is 1. The first-order valence-electron chi connectivity index (χ1n) is 7.62. The SMILES string of the molecule is CSc1ccc(C(c2cccc(Cl)c2)N2CCNCC2)cc1. The Morgan fingerprint density at radius 3 is 2.41 bits per heavy atom. The second-order valence-electron chi connectivity index (χ2n) is 5.52. The third-order valence-electron chi connectivity index (χ3n) is 4.11. The van der Waals surface area contributed by atoms with Crippen molar-refractivity contribution in [1.82, 2.24) is 10.2 Å². The van der Waals surface area contributed by atoms with Gasteiger partial charge in [-0.05, 0) is 41.6 Å². The fourth-order valence-electron chi connectivity index (χ4n) is 3.02. The number of benzene rings is 2. The molecule has 2 nitrogen and oxygen atoms in total. The van der Waals surface area contributed by atoms with Crippen molar-refractivity contribution < 1.29 is 0 Å². The molecule has 0 radical (unpaired) electrons. The summed E-state index contributed by atoms with van der Waals surface area (Å²) >= 11 is 8.01. The number of hydrogen-bond acceptors (Lipinski definition) is 3. The van der Waals surface area contributed by atoms with Gasteiger partial charge in [-0.25, -0.2) is 0 Å². The minimum absolute atomic E-state index is 0.275. The summed E-state index contributed by atoms with van der Waals surface area (Å²) < 4.78 is 0. The minimum atomic E-state index is 0.275. The Hall–Kier alpha value is -1.00. The largest absolute Gasteiger partial charge is 0.314 e. The molecule has 1 aliphatic rings. The molecule has 0 amide bonds. The standard InChI is InChI=1S/C18H21ClN2S/c1-22-17-7-5-14(6-8-17)18(21-11-9-20-10-12-21)15-3-2-4-16(19)13-15/h2-8,13,18,20H,9-12H2,1H3. The Labute approximate surface area is 141 Å². The Morgan fingerprint density at radius 2 is 1.77 bits per heavy atom. The third kappa shape index (κ3) is 3.66. The molecule has 1 fully saturated rings. The van der Waals surface area contributed by atoms with Crippen LogP contribution in [0.5, 0.6) is 0 Å². The number of halogens is 1. The highest BCUT2D eigenvalue weighted by molar-refractivity contribution is 7.98. The van der Waals surface area contributed by atoms with Crippen molar-refractivity contribution >= 4 is 23.4 Å². The lowest BCUT2D eigenvalue weighted by molar-refractivity contribution is 0.198. The van der Waals surface area contributed by atoms with Gasteiger partial charge < -0.3 is 5.32 Å². The van der Waals surface area contributed by atoms with Crippen LogP contribution < -0.4 is 5.32 Å². The van der Waals surface area contributed by atoms with Crippen LogP contribution in [0.25, 0.3) is 0 Å². The number of rotatable bonds is 4. The van der Waals surface area contributed by atoms with Gasteiger partial charge in [0.1, 0.15) is 0 Å². The molecular formula is C18H21ClN2S. The molecule has 1 unspecified atom stereocenters. The normalized spacial score (nSPS) is 17.4. The second kappa shape index (κ2) is 7.51.